The first-order valence-electron chi connectivity index (χ1n) is 7.79. The molecule has 0 amide bonds. The molecule has 0 radical (unpaired) electrons. The van der Waals surface area contributed by atoms with Crippen molar-refractivity contribution in [2.24, 2.45) is 0 Å². The van der Waals surface area contributed by atoms with E-state index in [0.29, 0.717) is 6.54 Å². The Morgan fingerprint density at radius 3 is 2.74 bits per heavy atom. The number of rotatable bonds is 6. The minimum Gasteiger partial charge on any atom is -0.487 e. The first-order chi connectivity index (χ1) is 11.3. The number of pyridine rings is 2. The molecule has 0 aliphatic rings. The minimum atomic E-state index is 0.00191. The molecule has 0 saturated heterocycles. The second-order valence-corrected chi connectivity index (χ2v) is 5.43. The lowest BCUT2D eigenvalue weighted by molar-refractivity contribution is 0.199. The summed E-state index contributed by atoms with van der Waals surface area (Å²) in [4.78, 5) is 13.0. The Labute approximate surface area is 136 Å². The molecule has 3 aromatic rings. The quantitative estimate of drug-likeness (QED) is 0.700. The summed E-state index contributed by atoms with van der Waals surface area (Å²) in [6, 6.07) is 7.88. The lowest BCUT2D eigenvalue weighted by Crippen LogP contribution is -2.20. The van der Waals surface area contributed by atoms with Crippen molar-refractivity contribution in [3.8, 4) is 17.3 Å². The highest BCUT2D eigenvalue weighted by atomic mass is 16.5. The number of nitrogens with zero attached hydrogens (tertiary/aromatic N) is 4. The maximum Gasteiger partial charge on any atom is 0.158 e. The van der Waals surface area contributed by atoms with E-state index in [4.69, 9.17) is 4.74 Å². The van der Waals surface area contributed by atoms with Crippen LogP contribution in [0.2, 0.25) is 0 Å². The molecule has 0 aromatic carbocycles. The Morgan fingerprint density at radius 1 is 1.13 bits per heavy atom. The van der Waals surface area contributed by atoms with E-state index < -0.39 is 0 Å². The Morgan fingerprint density at radius 2 is 2.04 bits per heavy atom. The number of imidazole rings is 1. The molecule has 0 spiro atoms. The monoisotopic (exact) mass is 308 g/mol. The third-order valence-corrected chi connectivity index (χ3v) is 3.60. The zero-order valence-corrected chi connectivity index (χ0v) is 13.4. The number of aromatic nitrogens is 4. The van der Waals surface area contributed by atoms with Crippen molar-refractivity contribution in [2.45, 2.75) is 32.9 Å². The molecule has 0 bridgehead atoms. The van der Waals surface area contributed by atoms with Gasteiger partial charge in [0.2, 0.25) is 0 Å². The van der Waals surface area contributed by atoms with Crippen molar-refractivity contribution in [1.82, 2.24) is 19.5 Å². The second kappa shape index (κ2) is 7.05. The van der Waals surface area contributed by atoms with Crippen LogP contribution >= 0.6 is 0 Å². The Bertz CT molecular complexity index is 737. The van der Waals surface area contributed by atoms with Crippen molar-refractivity contribution in [1.29, 1.82) is 0 Å². The molecule has 0 N–H and O–H groups in total. The summed E-state index contributed by atoms with van der Waals surface area (Å²) >= 11 is 0. The topological polar surface area (TPSA) is 52.8 Å². The fourth-order valence-corrected chi connectivity index (χ4v) is 2.42. The summed E-state index contributed by atoms with van der Waals surface area (Å²) in [5, 5.41) is 0. The van der Waals surface area contributed by atoms with E-state index >= 15 is 0 Å². The molecular weight excluding hydrogens is 288 g/mol. The van der Waals surface area contributed by atoms with Gasteiger partial charge in [0, 0.05) is 24.8 Å². The maximum atomic E-state index is 5.88. The third-order valence-electron chi connectivity index (χ3n) is 3.60. The second-order valence-electron chi connectivity index (χ2n) is 5.43. The van der Waals surface area contributed by atoms with Gasteiger partial charge in [-0.25, -0.2) is 4.98 Å². The smallest absolute Gasteiger partial charge is 0.158 e. The molecule has 0 unspecified atom stereocenters. The van der Waals surface area contributed by atoms with E-state index in [9.17, 15) is 0 Å². The van der Waals surface area contributed by atoms with Gasteiger partial charge in [-0.05, 0) is 37.1 Å². The molecule has 0 saturated carbocycles. The van der Waals surface area contributed by atoms with E-state index in [1.165, 1.54) is 5.56 Å². The molecule has 23 heavy (non-hydrogen) atoms. The van der Waals surface area contributed by atoms with Crippen LogP contribution in [0.3, 0.4) is 0 Å². The molecule has 0 aliphatic carbocycles. The van der Waals surface area contributed by atoms with Gasteiger partial charge in [-0.3, -0.25) is 9.97 Å². The van der Waals surface area contributed by atoms with Crippen LogP contribution in [0.4, 0.5) is 0 Å². The molecule has 3 heterocycles. The van der Waals surface area contributed by atoms with Crippen LogP contribution in [0.25, 0.3) is 11.5 Å². The SMILES string of the molecule is CCc1ccc(-c2nccn2C[C@H](C)Oc2cccnc2)nc1. The molecule has 5 heteroatoms. The number of hydrogen-bond donors (Lipinski definition) is 0. The molecule has 118 valence electrons. The van der Waals surface area contributed by atoms with Gasteiger partial charge in [-0.1, -0.05) is 13.0 Å². The molecule has 0 fully saturated rings. The predicted octanol–water partition coefficient (Wildman–Crippen LogP) is 3.37. The zero-order chi connectivity index (χ0) is 16.1. The van der Waals surface area contributed by atoms with Crippen LogP contribution < -0.4 is 4.74 Å². The Kier molecular flexibility index (Phi) is 4.66. The van der Waals surface area contributed by atoms with Gasteiger partial charge in [0.05, 0.1) is 12.7 Å². The minimum absolute atomic E-state index is 0.00191. The van der Waals surface area contributed by atoms with Crippen LogP contribution in [0.5, 0.6) is 5.75 Å². The standard InChI is InChI=1S/C18H20N4O/c1-3-15-6-7-17(21-11-15)18-20-9-10-22(18)13-14(2)23-16-5-4-8-19-12-16/h4-12,14H,3,13H2,1-2H3/t14-/m0/s1. The summed E-state index contributed by atoms with van der Waals surface area (Å²) < 4.78 is 7.95. The van der Waals surface area contributed by atoms with E-state index in [2.05, 4.69) is 32.5 Å². The highest BCUT2D eigenvalue weighted by molar-refractivity contribution is 5.49. The predicted molar refractivity (Wildman–Crippen MR) is 89.2 cm³/mol. The van der Waals surface area contributed by atoms with Crippen LogP contribution in [0.1, 0.15) is 19.4 Å². The number of ether oxygens (including phenoxy) is 1. The van der Waals surface area contributed by atoms with Crippen molar-refractivity contribution in [3.63, 3.8) is 0 Å². The van der Waals surface area contributed by atoms with Crippen molar-refractivity contribution >= 4 is 0 Å². The van der Waals surface area contributed by atoms with Gasteiger partial charge in [-0.2, -0.15) is 0 Å². The number of aryl methyl sites for hydroxylation is 1. The molecule has 3 rings (SSSR count). The Hall–Kier alpha value is -2.69. The van der Waals surface area contributed by atoms with Gasteiger partial charge in [0.1, 0.15) is 17.5 Å². The number of hydrogen-bond acceptors (Lipinski definition) is 4. The first-order valence-corrected chi connectivity index (χ1v) is 7.79. The van der Waals surface area contributed by atoms with Gasteiger partial charge in [0.25, 0.3) is 0 Å². The van der Waals surface area contributed by atoms with Crippen molar-refractivity contribution < 1.29 is 4.74 Å². The van der Waals surface area contributed by atoms with E-state index in [1.807, 2.05) is 37.5 Å². The van der Waals surface area contributed by atoms with Crippen LogP contribution in [0, 0.1) is 0 Å². The fraction of sp³-hybridized carbons (Fsp3) is 0.278. The molecular formula is C18H20N4O. The normalized spacial score (nSPS) is 12.1. The van der Waals surface area contributed by atoms with Gasteiger partial charge < -0.3 is 9.30 Å². The van der Waals surface area contributed by atoms with Crippen LogP contribution in [0.15, 0.2) is 55.2 Å². The molecule has 1 atom stereocenters. The van der Waals surface area contributed by atoms with E-state index in [-0.39, 0.29) is 6.10 Å². The van der Waals surface area contributed by atoms with Gasteiger partial charge in [0.15, 0.2) is 5.82 Å². The zero-order valence-electron chi connectivity index (χ0n) is 13.4. The summed E-state index contributed by atoms with van der Waals surface area (Å²) in [5.74, 6) is 1.63. The van der Waals surface area contributed by atoms with Crippen LogP contribution in [-0.4, -0.2) is 25.6 Å². The largest absolute Gasteiger partial charge is 0.487 e. The lowest BCUT2D eigenvalue weighted by atomic mass is 10.2. The van der Waals surface area contributed by atoms with Crippen LogP contribution in [-0.2, 0) is 13.0 Å². The molecule has 5 nitrogen and oxygen atoms in total. The fourth-order valence-electron chi connectivity index (χ4n) is 2.42. The highest BCUT2D eigenvalue weighted by Gasteiger charge is 2.11. The van der Waals surface area contributed by atoms with Gasteiger partial charge in [-0.15, -0.1) is 0 Å². The van der Waals surface area contributed by atoms with Crippen molar-refractivity contribution in [2.75, 3.05) is 0 Å². The maximum absolute atomic E-state index is 5.88. The summed E-state index contributed by atoms with van der Waals surface area (Å²) in [6.07, 6.45) is 10.1. The lowest BCUT2D eigenvalue weighted by Gasteiger charge is -2.16. The first kappa shape index (κ1) is 15.2. The van der Waals surface area contributed by atoms with E-state index in [1.54, 1.807) is 18.6 Å². The highest BCUT2D eigenvalue weighted by Crippen LogP contribution is 2.17. The summed E-state index contributed by atoms with van der Waals surface area (Å²) in [7, 11) is 0. The van der Waals surface area contributed by atoms with Gasteiger partial charge >= 0.3 is 0 Å². The van der Waals surface area contributed by atoms with E-state index in [0.717, 1.165) is 23.7 Å². The average Bonchev–Trinajstić information content (AvgIpc) is 3.03. The third kappa shape index (κ3) is 3.74. The molecule has 0 aliphatic heterocycles. The molecule has 3 aromatic heterocycles. The van der Waals surface area contributed by atoms with Crippen molar-refractivity contribution in [3.05, 3.63) is 60.8 Å². The average molecular weight is 308 g/mol. The summed E-state index contributed by atoms with van der Waals surface area (Å²) in [5.41, 5.74) is 2.10. The Balaban J connectivity index is 1.72. The summed E-state index contributed by atoms with van der Waals surface area (Å²) in [6.45, 7) is 4.85.